The lowest BCUT2D eigenvalue weighted by Gasteiger charge is -2.36. The summed E-state index contributed by atoms with van der Waals surface area (Å²) in [7, 11) is 0. The van der Waals surface area contributed by atoms with Crippen LogP contribution in [0.15, 0.2) is 18.2 Å². The van der Waals surface area contributed by atoms with Crippen molar-refractivity contribution in [1.82, 2.24) is 9.80 Å². The number of benzene rings is 1. The second-order valence-electron chi connectivity index (χ2n) is 5.14. The lowest BCUT2D eigenvalue weighted by molar-refractivity contribution is 0.125. The fourth-order valence-corrected chi connectivity index (χ4v) is 2.24. The van der Waals surface area contributed by atoms with Crippen LogP contribution in [-0.2, 0) is 0 Å². The highest BCUT2D eigenvalue weighted by molar-refractivity contribution is 5.89. The van der Waals surface area contributed by atoms with Gasteiger partial charge in [0.2, 0.25) is 0 Å². The van der Waals surface area contributed by atoms with Gasteiger partial charge in [-0.05, 0) is 26.0 Å². The molecule has 1 saturated heterocycles. The predicted molar refractivity (Wildman–Crippen MR) is 73.7 cm³/mol. The first-order valence-corrected chi connectivity index (χ1v) is 6.73. The van der Waals surface area contributed by atoms with Crippen LogP contribution in [0, 0.1) is 11.6 Å². The van der Waals surface area contributed by atoms with Crippen LogP contribution < -0.4 is 5.32 Å². The van der Waals surface area contributed by atoms with Gasteiger partial charge in [0.05, 0.1) is 0 Å². The Morgan fingerprint density at radius 1 is 1.15 bits per heavy atom. The van der Waals surface area contributed by atoms with Gasteiger partial charge in [0.15, 0.2) is 0 Å². The summed E-state index contributed by atoms with van der Waals surface area (Å²) >= 11 is 0. The Kier molecular flexibility index (Phi) is 4.54. The molecule has 1 aromatic carbocycles. The molecule has 0 aromatic heterocycles. The van der Waals surface area contributed by atoms with E-state index in [0.29, 0.717) is 19.1 Å². The van der Waals surface area contributed by atoms with Crippen molar-refractivity contribution in [3.63, 3.8) is 0 Å². The van der Waals surface area contributed by atoms with Gasteiger partial charge in [0, 0.05) is 32.2 Å². The van der Waals surface area contributed by atoms with Crippen LogP contribution in [0.3, 0.4) is 0 Å². The molecule has 2 amide bonds. The van der Waals surface area contributed by atoms with Crippen LogP contribution in [0.4, 0.5) is 19.3 Å². The number of carbonyl (C=O) groups is 1. The Morgan fingerprint density at radius 2 is 1.70 bits per heavy atom. The summed E-state index contributed by atoms with van der Waals surface area (Å²) in [6, 6.07) is 3.48. The standard InChI is InChI=1S/C14H19F2N3O/c1-10(2)18-6-8-19(9-7-18)14(20)17-13-11(15)4-3-5-12(13)16/h3-5,10H,6-9H2,1-2H3,(H,17,20). The van der Waals surface area contributed by atoms with Crippen molar-refractivity contribution in [3.8, 4) is 0 Å². The molecule has 20 heavy (non-hydrogen) atoms. The summed E-state index contributed by atoms with van der Waals surface area (Å²) in [5, 5.41) is 2.31. The maximum Gasteiger partial charge on any atom is 0.322 e. The third kappa shape index (κ3) is 3.25. The second kappa shape index (κ2) is 6.17. The predicted octanol–water partition coefficient (Wildman–Crippen LogP) is 2.52. The number of halogens is 2. The third-order valence-electron chi connectivity index (χ3n) is 3.53. The summed E-state index contributed by atoms with van der Waals surface area (Å²) in [4.78, 5) is 15.8. The third-order valence-corrected chi connectivity index (χ3v) is 3.53. The summed E-state index contributed by atoms with van der Waals surface area (Å²) < 4.78 is 26.9. The van der Waals surface area contributed by atoms with Crippen LogP contribution >= 0.6 is 0 Å². The molecule has 6 heteroatoms. The van der Waals surface area contributed by atoms with Crippen molar-refractivity contribution in [2.45, 2.75) is 19.9 Å². The van der Waals surface area contributed by atoms with Gasteiger partial charge in [0.1, 0.15) is 17.3 Å². The first-order valence-electron chi connectivity index (χ1n) is 6.73. The monoisotopic (exact) mass is 283 g/mol. The van der Waals surface area contributed by atoms with E-state index in [1.165, 1.54) is 6.07 Å². The molecule has 1 heterocycles. The van der Waals surface area contributed by atoms with Gasteiger partial charge >= 0.3 is 6.03 Å². The molecule has 4 nitrogen and oxygen atoms in total. The first kappa shape index (κ1) is 14.7. The van der Waals surface area contributed by atoms with Gasteiger partial charge in [-0.3, -0.25) is 4.90 Å². The summed E-state index contributed by atoms with van der Waals surface area (Å²) in [6.07, 6.45) is 0. The Labute approximate surface area is 117 Å². The number of amides is 2. The molecule has 1 aromatic rings. The molecular weight excluding hydrogens is 264 g/mol. The average Bonchev–Trinajstić information content (AvgIpc) is 2.43. The highest BCUT2D eigenvalue weighted by Gasteiger charge is 2.23. The van der Waals surface area contributed by atoms with Crippen molar-refractivity contribution in [1.29, 1.82) is 0 Å². The van der Waals surface area contributed by atoms with E-state index in [1.807, 2.05) is 0 Å². The van der Waals surface area contributed by atoms with E-state index in [-0.39, 0.29) is 5.69 Å². The smallest absolute Gasteiger partial charge is 0.322 e. The van der Waals surface area contributed by atoms with E-state index in [1.54, 1.807) is 4.90 Å². The zero-order chi connectivity index (χ0) is 14.7. The number of anilines is 1. The average molecular weight is 283 g/mol. The minimum atomic E-state index is -0.765. The molecule has 0 radical (unpaired) electrons. The topological polar surface area (TPSA) is 35.6 Å². The minimum absolute atomic E-state index is 0.385. The molecule has 0 spiro atoms. The first-order chi connectivity index (χ1) is 9.49. The molecule has 0 unspecified atom stereocenters. The number of nitrogens with zero attached hydrogens (tertiary/aromatic N) is 2. The van der Waals surface area contributed by atoms with Crippen LogP contribution in [0.1, 0.15) is 13.8 Å². The lowest BCUT2D eigenvalue weighted by atomic mass is 10.2. The van der Waals surface area contributed by atoms with Gasteiger partial charge in [-0.15, -0.1) is 0 Å². The molecule has 1 aliphatic heterocycles. The molecule has 1 fully saturated rings. The number of carbonyl (C=O) groups excluding carboxylic acids is 1. The molecule has 0 atom stereocenters. The van der Waals surface area contributed by atoms with Crippen LogP contribution in [0.25, 0.3) is 0 Å². The Hall–Kier alpha value is -1.69. The van der Waals surface area contributed by atoms with E-state index in [4.69, 9.17) is 0 Å². The molecule has 2 rings (SSSR count). The maximum atomic E-state index is 13.5. The van der Waals surface area contributed by atoms with Gasteiger partial charge in [-0.2, -0.15) is 0 Å². The SMILES string of the molecule is CC(C)N1CCN(C(=O)Nc2c(F)cccc2F)CC1. The number of nitrogens with one attached hydrogen (secondary N) is 1. The number of hydrogen-bond donors (Lipinski definition) is 1. The van der Waals surface area contributed by atoms with Crippen molar-refractivity contribution in [2.75, 3.05) is 31.5 Å². The number of urea groups is 1. The van der Waals surface area contributed by atoms with E-state index >= 15 is 0 Å². The minimum Gasteiger partial charge on any atom is -0.322 e. The number of hydrogen-bond acceptors (Lipinski definition) is 2. The molecule has 110 valence electrons. The normalized spacial score (nSPS) is 16.6. The Balaban J connectivity index is 1.96. The van der Waals surface area contributed by atoms with Crippen molar-refractivity contribution in [2.24, 2.45) is 0 Å². The largest absolute Gasteiger partial charge is 0.322 e. The number of para-hydroxylation sites is 1. The number of rotatable bonds is 2. The van der Waals surface area contributed by atoms with E-state index in [9.17, 15) is 13.6 Å². The van der Waals surface area contributed by atoms with E-state index < -0.39 is 17.7 Å². The van der Waals surface area contributed by atoms with Gasteiger partial charge in [-0.1, -0.05) is 6.07 Å². The van der Waals surface area contributed by atoms with Crippen molar-refractivity contribution < 1.29 is 13.6 Å². The quantitative estimate of drug-likeness (QED) is 0.905. The molecular formula is C14H19F2N3O. The highest BCUT2D eigenvalue weighted by Crippen LogP contribution is 2.18. The van der Waals surface area contributed by atoms with Crippen molar-refractivity contribution in [3.05, 3.63) is 29.8 Å². The molecule has 1 N–H and O–H groups in total. The molecule has 0 saturated carbocycles. The Morgan fingerprint density at radius 3 is 2.20 bits per heavy atom. The molecule has 0 aliphatic carbocycles. The summed E-state index contributed by atoms with van der Waals surface area (Å²) in [5.74, 6) is -1.53. The van der Waals surface area contributed by atoms with Crippen LogP contribution in [-0.4, -0.2) is 48.1 Å². The van der Waals surface area contributed by atoms with Crippen molar-refractivity contribution >= 4 is 11.7 Å². The molecule has 0 bridgehead atoms. The van der Waals surface area contributed by atoms with Crippen LogP contribution in [0.5, 0.6) is 0 Å². The second-order valence-corrected chi connectivity index (χ2v) is 5.14. The maximum absolute atomic E-state index is 13.5. The summed E-state index contributed by atoms with van der Waals surface area (Å²) in [6.45, 7) is 6.85. The molecule has 1 aliphatic rings. The zero-order valence-electron chi connectivity index (χ0n) is 11.7. The lowest BCUT2D eigenvalue weighted by Crippen LogP contribution is -2.51. The van der Waals surface area contributed by atoms with E-state index in [2.05, 4.69) is 24.1 Å². The van der Waals surface area contributed by atoms with E-state index in [0.717, 1.165) is 25.2 Å². The zero-order valence-corrected chi connectivity index (χ0v) is 11.7. The van der Waals surface area contributed by atoms with Gasteiger partial charge in [0.25, 0.3) is 0 Å². The fraction of sp³-hybridized carbons (Fsp3) is 0.500. The van der Waals surface area contributed by atoms with Crippen LogP contribution in [0.2, 0.25) is 0 Å². The Bertz CT molecular complexity index is 465. The highest BCUT2D eigenvalue weighted by atomic mass is 19.1. The van der Waals surface area contributed by atoms with Gasteiger partial charge in [-0.25, -0.2) is 13.6 Å². The number of piperazine rings is 1. The summed E-state index contributed by atoms with van der Waals surface area (Å²) in [5.41, 5.74) is -0.385. The van der Waals surface area contributed by atoms with Gasteiger partial charge < -0.3 is 10.2 Å². The fourth-order valence-electron chi connectivity index (χ4n) is 2.24.